The van der Waals surface area contributed by atoms with Crippen molar-refractivity contribution in [3.05, 3.63) is 23.9 Å². The van der Waals surface area contributed by atoms with Gasteiger partial charge in [0.05, 0.1) is 11.7 Å². The van der Waals surface area contributed by atoms with Crippen molar-refractivity contribution in [2.75, 3.05) is 18.5 Å². The van der Waals surface area contributed by atoms with E-state index in [0.717, 1.165) is 19.4 Å². The standard InChI is InChI=1S/C12H18N4O2/c1-16(7-8-5-9(17)6-8)12-10(11(13)15-18)3-2-4-14-12/h2-4,8-9,17-18H,5-7H2,1H3,(H2,13,15). The van der Waals surface area contributed by atoms with E-state index in [1.54, 1.807) is 18.3 Å². The Hall–Kier alpha value is -1.82. The van der Waals surface area contributed by atoms with Gasteiger partial charge in [0.1, 0.15) is 5.82 Å². The molecule has 0 amide bonds. The summed E-state index contributed by atoms with van der Waals surface area (Å²) in [6.45, 7) is 0.805. The molecule has 4 N–H and O–H groups in total. The molecule has 0 aliphatic heterocycles. The van der Waals surface area contributed by atoms with Gasteiger partial charge in [0, 0.05) is 19.8 Å². The van der Waals surface area contributed by atoms with Gasteiger partial charge in [-0.3, -0.25) is 0 Å². The van der Waals surface area contributed by atoms with Gasteiger partial charge in [0.15, 0.2) is 5.84 Å². The molecular weight excluding hydrogens is 232 g/mol. The maximum atomic E-state index is 9.28. The highest BCUT2D eigenvalue weighted by atomic mass is 16.4. The van der Waals surface area contributed by atoms with E-state index in [9.17, 15) is 5.11 Å². The van der Waals surface area contributed by atoms with Gasteiger partial charge in [-0.25, -0.2) is 4.98 Å². The Kier molecular flexibility index (Phi) is 3.66. The lowest BCUT2D eigenvalue weighted by atomic mass is 9.82. The highest BCUT2D eigenvalue weighted by Crippen LogP contribution is 2.29. The summed E-state index contributed by atoms with van der Waals surface area (Å²) in [6.07, 6.45) is 3.18. The first-order valence-electron chi connectivity index (χ1n) is 5.94. The molecule has 0 radical (unpaired) electrons. The Morgan fingerprint density at radius 2 is 2.33 bits per heavy atom. The van der Waals surface area contributed by atoms with E-state index in [4.69, 9.17) is 10.9 Å². The smallest absolute Gasteiger partial charge is 0.173 e. The predicted molar refractivity (Wildman–Crippen MR) is 68.7 cm³/mol. The third-order valence-electron chi connectivity index (χ3n) is 3.27. The number of pyridine rings is 1. The SMILES string of the molecule is CN(CC1CC(O)C1)c1ncccc1C(N)=NO. The maximum absolute atomic E-state index is 9.28. The molecule has 1 aliphatic carbocycles. The molecule has 1 fully saturated rings. The molecule has 0 unspecified atom stereocenters. The topological polar surface area (TPSA) is 95.0 Å². The second-order valence-corrected chi connectivity index (χ2v) is 4.73. The first-order valence-corrected chi connectivity index (χ1v) is 5.94. The molecule has 6 heteroatoms. The highest BCUT2D eigenvalue weighted by molar-refractivity contribution is 6.01. The number of nitrogens with two attached hydrogens (primary N) is 1. The number of rotatable bonds is 4. The van der Waals surface area contributed by atoms with Crippen LogP contribution in [0.5, 0.6) is 0 Å². The Morgan fingerprint density at radius 1 is 1.61 bits per heavy atom. The number of aromatic nitrogens is 1. The quantitative estimate of drug-likeness (QED) is 0.311. The average Bonchev–Trinajstić information content (AvgIpc) is 2.36. The van der Waals surface area contributed by atoms with Crippen LogP contribution >= 0.6 is 0 Å². The largest absolute Gasteiger partial charge is 0.409 e. The fourth-order valence-electron chi connectivity index (χ4n) is 2.28. The summed E-state index contributed by atoms with van der Waals surface area (Å²) in [5, 5.41) is 21.0. The molecule has 18 heavy (non-hydrogen) atoms. The van der Waals surface area contributed by atoms with Gasteiger partial charge >= 0.3 is 0 Å². The molecule has 6 nitrogen and oxygen atoms in total. The molecule has 0 aromatic carbocycles. The van der Waals surface area contributed by atoms with Crippen molar-refractivity contribution in [1.29, 1.82) is 0 Å². The van der Waals surface area contributed by atoms with Gasteiger partial charge in [-0.1, -0.05) is 5.16 Å². The molecular formula is C12H18N4O2. The van der Waals surface area contributed by atoms with E-state index in [0.29, 0.717) is 17.3 Å². The van der Waals surface area contributed by atoms with Crippen LogP contribution in [0.25, 0.3) is 0 Å². The van der Waals surface area contributed by atoms with E-state index in [-0.39, 0.29) is 11.9 Å². The van der Waals surface area contributed by atoms with Gasteiger partial charge in [-0.2, -0.15) is 0 Å². The summed E-state index contributed by atoms with van der Waals surface area (Å²) in [5.74, 6) is 1.22. The van der Waals surface area contributed by atoms with Crippen LogP contribution in [-0.2, 0) is 0 Å². The number of aliphatic hydroxyl groups excluding tert-OH is 1. The summed E-state index contributed by atoms with van der Waals surface area (Å²) in [7, 11) is 1.92. The lowest BCUT2D eigenvalue weighted by molar-refractivity contribution is 0.0464. The van der Waals surface area contributed by atoms with Crippen LogP contribution in [0.15, 0.2) is 23.5 Å². The third-order valence-corrected chi connectivity index (χ3v) is 3.27. The molecule has 98 valence electrons. The predicted octanol–water partition coefficient (Wildman–Crippen LogP) is 0.383. The first kappa shape index (κ1) is 12.6. The monoisotopic (exact) mass is 250 g/mol. The zero-order valence-electron chi connectivity index (χ0n) is 10.3. The summed E-state index contributed by atoms with van der Waals surface area (Å²) >= 11 is 0. The Bertz CT molecular complexity index is 443. The first-order chi connectivity index (χ1) is 8.61. The number of oxime groups is 1. The fraction of sp³-hybridized carbons (Fsp3) is 0.500. The van der Waals surface area contributed by atoms with Crippen LogP contribution < -0.4 is 10.6 Å². The number of aliphatic hydroxyl groups is 1. The van der Waals surface area contributed by atoms with Crippen molar-refractivity contribution in [1.82, 2.24) is 4.98 Å². The summed E-state index contributed by atoms with van der Waals surface area (Å²) in [6, 6.07) is 3.52. The average molecular weight is 250 g/mol. The van der Waals surface area contributed by atoms with E-state index >= 15 is 0 Å². The van der Waals surface area contributed by atoms with Gasteiger partial charge in [0.25, 0.3) is 0 Å². The molecule has 1 aliphatic rings. The minimum atomic E-state index is -0.157. The highest BCUT2D eigenvalue weighted by Gasteiger charge is 2.28. The maximum Gasteiger partial charge on any atom is 0.173 e. The normalized spacial score (nSPS) is 23.6. The molecule has 1 aromatic rings. The molecule has 0 bridgehead atoms. The zero-order valence-corrected chi connectivity index (χ0v) is 10.3. The van der Waals surface area contributed by atoms with Crippen LogP contribution in [0, 0.1) is 5.92 Å². The summed E-state index contributed by atoms with van der Waals surface area (Å²) < 4.78 is 0. The van der Waals surface area contributed by atoms with E-state index < -0.39 is 0 Å². The second-order valence-electron chi connectivity index (χ2n) is 4.73. The lowest BCUT2D eigenvalue weighted by Gasteiger charge is -2.35. The van der Waals surface area contributed by atoms with Crippen molar-refractivity contribution in [3.8, 4) is 0 Å². The number of hydrogen-bond donors (Lipinski definition) is 3. The minimum absolute atomic E-state index is 0.0543. The minimum Gasteiger partial charge on any atom is -0.409 e. The molecule has 2 rings (SSSR count). The Labute approximate surface area is 106 Å². The molecule has 0 atom stereocenters. The third kappa shape index (κ3) is 2.53. The number of nitrogens with zero attached hydrogens (tertiary/aromatic N) is 3. The molecule has 0 saturated heterocycles. The Morgan fingerprint density at radius 3 is 2.94 bits per heavy atom. The van der Waals surface area contributed by atoms with Crippen molar-refractivity contribution in [3.63, 3.8) is 0 Å². The molecule has 1 heterocycles. The molecule has 1 aromatic heterocycles. The van der Waals surface area contributed by atoms with Crippen LogP contribution in [0.2, 0.25) is 0 Å². The van der Waals surface area contributed by atoms with Crippen LogP contribution in [0.3, 0.4) is 0 Å². The zero-order chi connectivity index (χ0) is 13.1. The number of anilines is 1. The van der Waals surface area contributed by atoms with Gasteiger partial charge in [-0.15, -0.1) is 0 Å². The van der Waals surface area contributed by atoms with Crippen molar-refractivity contribution >= 4 is 11.7 Å². The van der Waals surface area contributed by atoms with E-state index in [1.165, 1.54) is 0 Å². The number of amidine groups is 1. The van der Waals surface area contributed by atoms with Gasteiger partial charge < -0.3 is 20.9 Å². The molecule has 1 saturated carbocycles. The van der Waals surface area contributed by atoms with E-state index in [2.05, 4.69) is 10.1 Å². The lowest BCUT2D eigenvalue weighted by Crippen LogP contribution is -2.38. The van der Waals surface area contributed by atoms with Crippen molar-refractivity contribution in [2.45, 2.75) is 18.9 Å². The van der Waals surface area contributed by atoms with Crippen LogP contribution in [0.4, 0.5) is 5.82 Å². The fourth-order valence-corrected chi connectivity index (χ4v) is 2.28. The van der Waals surface area contributed by atoms with Crippen molar-refractivity contribution in [2.24, 2.45) is 16.8 Å². The Balaban J connectivity index is 2.12. The molecule has 0 spiro atoms. The van der Waals surface area contributed by atoms with Crippen LogP contribution in [-0.4, -0.2) is 40.8 Å². The van der Waals surface area contributed by atoms with Crippen molar-refractivity contribution < 1.29 is 10.3 Å². The second kappa shape index (κ2) is 5.22. The van der Waals surface area contributed by atoms with Crippen LogP contribution in [0.1, 0.15) is 18.4 Å². The van der Waals surface area contributed by atoms with Gasteiger partial charge in [-0.05, 0) is 30.9 Å². The number of hydrogen-bond acceptors (Lipinski definition) is 5. The summed E-state index contributed by atoms with van der Waals surface area (Å²) in [4.78, 5) is 6.25. The van der Waals surface area contributed by atoms with Gasteiger partial charge in [0.2, 0.25) is 0 Å². The van der Waals surface area contributed by atoms with E-state index in [1.807, 2.05) is 11.9 Å². The summed E-state index contributed by atoms with van der Waals surface area (Å²) in [5.41, 5.74) is 6.24.